The van der Waals surface area contributed by atoms with Gasteiger partial charge in [0.25, 0.3) is 5.69 Å². The van der Waals surface area contributed by atoms with Gasteiger partial charge in [0.2, 0.25) is 5.43 Å². The second kappa shape index (κ2) is 7.79. The highest BCUT2D eigenvalue weighted by atomic mass is 35.5. The molecule has 3 aromatic rings. The van der Waals surface area contributed by atoms with Crippen LogP contribution in [0.15, 0.2) is 47.4 Å². The lowest BCUT2D eigenvalue weighted by Crippen LogP contribution is -2.19. The van der Waals surface area contributed by atoms with Gasteiger partial charge in [-0.1, -0.05) is 29.8 Å². The summed E-state index contributed by atoms with van der Waals surface area (Å²) >= 11 is 6.12. The zero-order chi connectivity index (χ0) is 20.4. The first-order valence-corrected chi connectivity index (χ1v) is 8.63. The fourth-order valence-corrected chi connectivity index (χ4v) is 3.33. The van der Waals surface area contributed by atoms with E-state index in [2.05, 4.69) is 0 Å². The molecule has 0 radical (unpaired) electrons. The number of carboxylic acids is 1. The van der Waals surface area contributed by atoms with Gasteiger partial charge in [-0.2, -0.15) is 0 Å². The third-order valence-electron chi connectivity index (χ3n) is 4.37. The highest BCUT2D eigenvalue weighted by molar-refractivity contribution is 6.33. The van der Waals surface area contributed by atoms with Gasteiger partial charge >= 0.3 is 5.97 Å². The van der Waals surface area contributed by atoms with E-state index in [4.69, 9.17) is 11.6 Å². The Morgan fingerprint density at radius 2 is 2.00 bits per heavy atom. The summed E-state index contributed by atoms with van der Waals surface area (Å²) in [5.41, 5.74) is 0.400. The highest BCUT2D eigenvalue weighted by Gasteiger charge is 2.17. The summed E-state index contributed by atoms with van der Waals surface area (Å²) in [6, 6.07) is 9.41. The largest absolute Gasteiger partial charge is 0.477 e. The summed E-state index contributed by atoms with van der Waals surface area (Å²) < 4.78 is 1.50. The van der Waals surface area contributed by atoms with Crippen LogP contribution in [0, 0.1) is 10.1 Å². The molecule has 0 aliphatic carbocycles. The molecule has 0 aliphatic heterocycles. The van der Waals surface area contributed by atoms with Gasteiger partial charge < -0.3 is 14.8 Å². The molecule has 0 amide bonds. The third-order valence-corrected chi connectivity index (χ3v) is 4.80. The Morgan fingerprint density at radius 3 is 2.64 bits per heavy atom. The van der Waals surface area contributed by atoms with E-state index in [0.29, 0.717) is 16.6 Å². The number of nitro groups is 1. The van der Waals surface area contributed by atoms with E-state index in [-0.39, 0.29) is 35.7 Å². The van der Waals surface area contributed by atoms with E-state index in [1.807, 2.05) is 0 Å². The number of halogens is 1. The number of carboxylic acid groups (broad SMARTS) is 1. The third kappa shape index (κ3) is 3.60. The number of aliphatic hydroxyl groups is 1. The minimum Gasteiger partial charge on any atom is -0.477 e. The second-order valence-corrected chi connectivity index (χ2v) is 6.51. The van der Waals surface area contributed by atoms with Crippen molar-refractivity contribution in [1.82, 2.24) is 4.57 Å². The van der Waals surface area contributed by atoms with Gasteiger partial charge in [-0.15, -0.1) is 0 Å². The molecule has 3 rings (SSSR count). The average molecular weight is 403 g/mol. The van der Waals surface area contributed by atoms with Gasteiger partial charge in [0.05, 0.1) is 17.0 Å². The van der Waals surface area contributed by atoms with Crippen molar-refractivity contribution in [1.29, 1.82) is 0 Å². The first kappa shape index (κ1) is 19.5. The molecule has 144 valence electrons. The lowest BCUT2D eigenvalue weighted by Gasteiger charge is -2.12. The van der Waals surface area contributed by atoms with Crippen molar-refractivity contribution in [3.63, 3.8) is 0 Å². The van der Waals surface area contributed by atoms with Crippen LogP contribution >= 0.6 is 11.6 Å². The molecule has 0 aliphatic rings. The minimum absolute atomic E-state index is 0.0181. The average Bonchev–Trinajstić information content (AvgIpc) is 2.65. The number of pyridine rings is 1. The lowest BCUT2D eigenvalue weighted by atomic mass is 10.0. The van der Waals surface area contributed by atoms with Crippen molar-refractivity contribution in [2.24, 2.45) is 0 Å². The van der Waals surface area contributed by atoms with Crippen molar-refractivity contribution in [2.45, 2.75) is 13.0 Å². The number of hydrogen-bond acceptors (Lipinski definition) is 5. The van der Waals surface area contributed by atoms with E-state index in [1.54, 1.807) is 24.3 Å². The van der Waals surface area contributed by atoms with Gasteiger partial charge in [-0.05, 0) is 29.7 Å². The molecule has 0 spiro atoms. The molecule has 2 aromatic carbocycles. The maximum atomic E-state index is 12.6. The minimum atomic E-state index is -1.36. The van der Waals surface area contributed by atoms with Crippen molar-refractivity contribution in [2.75, 3.05) is 6.61 Å². The van der Waals surface area contributed by atoms with Crippen LogP contribution in [-0.4, -0.2) is 32.3 Å². The fourth-order valence-electron chi connectivity index (χ4n) is 3.06. The van der Waals surface area contributed by atoms with E-state index >= 15 is 0 Å². The monoisotopic (exact) mass is 402 g/mol. The molecule has 0 unspecified atom stereocenters. The Hall–Kier alpha value is -3.23. The summed E-state index contributed by atoms with van der Waals surface area (Å²) in [6.07, 6.45) is 1.44. The number of rotatable bonds is 6. The molecule has 1 aromatic heterocycles. The summed E-state index contributed by atoms with van der Waals surface area (Å²) in [5.74, 6) is -1.36. The summed E-state index contributed by atoms with van der Waals surface area (Å²) in [5, 5.41) is 29.7. The molecule has 0 atom stereocenters. The first-order valence-electron chi connectivity index (χ1n) is 8.25. The molecule has 0 saturated heterocycles. The molecule has 0 saturated carbocycles. The Balaban J connectivity index is 2.13. The van der Waals surface area contributed by atoms with Gasteiger partial charge in [-0.3, -0.25) is 14.9 Å². The standard InChI is InChI=1S/C19H15ClN2O6/c20-17-12(2-1-3-16(17)22(27)28)8-11-4-5-15-13(9-11)18(24)14(19(25)26)10-21(15)6-7-23/h1-5,9-10,23H,6-8H2,(H,25,26). The summed E-state index contributed by atoms with van der Waals surface area (Å²) in [4.78, 5) is 34.4. The molecule has 8 nitrogen and oxygen atoms in total. The first-order chi connectivity index (χ1) is 13.3. The van der Waals surface area contributed by atoms with Crippen LogP contribution in [0.3, 0.4) is 0 Å². The van der Waals surface area contributed by atoms with Crippen LogP contribution in [0.4, 0.5) is 5.69 Å². The van der Waals surface area contributed by atoms with Crippen molar-refractivity contribution in [3.8, 4) is 0 Å². The van der Waals surface area contributed by atoms with E-state index in [1.165, 1.54) is 22.9 Å². The maximum Gasteiger partial charge on any atom is 0.341 e. The summed E-state index contributed by atoms with van der Waals surface area (Å²) in [6.45, 7) is -0.0881. The maximum absolute atomic E-state index is 12.6. The van der Waals surface area contributed by atoms with Crippen LogP contribution in [0.2, 0.25) is 5.02 Å². The smallest absolute Gasteiger partial charge is 0.341 e. The predicted octanol–water partition coefficient (Wildman–Crippen LogP) is 2.84. The number of nitro benzene ring substituents is 1. The molecule has 2 N–H and O–H groups in total. The quantitative estimate of drug-likeness (QED) is 0.482. The highest BCUT2D eigenvalue weighted by Crippen LogP contribution is 2.29. The SMILES string of the molecule is O=C(O)c1cn(CCO)c2ccc(Cc3cccc([N+](=O)[O-])c3Cl)cc2c1=O. The normalized spacial score (nSPS) is 10.9. The Morgan fingerprint density at radius 1 is 1.25 bits per heavy atom. The van der Waals surface area contributed by atoms with Gasteiger partial charge in [-0.25, -0.2) is 4.79 Å². The molecule has 9 heteroatoms. The van der Waals surface area contributed by atoms with E-state index < -0.39 is 21.9 Å². The number of hydrogen-bond donors (Lipinski definition) is 2. The van der Waals surface area contributed by atoms with Crippen LogP contribution in [0.5, 0.6) is 0 Å². The Kier molecular flexibility index (Phi) is 5.43. The topological polar surface area (TPSA) is 123 Å². The van der Waals surface area contributed by atoms with Gasteiger partial charge in [0, 0.05) is 24.2 Å². The second-order valence-electron chi connectivity index (χ2n) is 6.13. The zero-order valence-electron chi connectivity index (χ0n) is 14.5. The van der Waals surface area contributed by atoms with Crippen LogP contribution in [0.25, 0.3) is 10.9 Å². The Bertz CT molecular complexity index is 1160. The predicted molar refractivity (Wildman–Crippen MR) is 103 cm³/mol. The number of carbonyl (C=O) groups is 1. The molecular weight excluding hydrogens is 388 g/mol. The zero-order valence-corrected chi connectivity index (χ0v) is 15.2. The van der Waals surface area contributed by atoms with Crippen LogP contribution < -0.4 is 5.43 Å². The number of fused-ring (bicyclic) bond motifs is 1. The molecule has 0 fully saturated rings. The van der Waals surface area contributed by atoms with Crippen LogP contribution in [0.1, 0.15) is 21.5 Å². The van der Waals surface area contributed by atoms with Gasteiger partial charge in [0.15, 0.2) is 0 Å². The Labute approximate surface area is 163 Å². The summed E-state index contributed by atoms with van der Waals surface area (Å²) in [7, 11) is 0. The van der Waals surface area contributed by atoms with E-state index in [0.717, 1.165) is 0 Å². The molecule has 28 heavy (non-hydrogen) atoms. The number of aromatic carboxylic acids is 1. The lowest BCUT2D eigenvalue weighted by molar-refractivity contribution is -0.384. The van der Waals surface area contributed by atoms with Gasteiger partial charge in [0.1, 0.15) is 10.6 Å². The number of aliphatic hydroxyl groups excluding tert-OH is 1. The number of nitrogens with zero attached hydrogens (tertiary/aromatic N) is 2. The van der Waals surface area contributed by atoms with Crippen molar-refractivity contribution < 1.29 is 19.9 Å². The van der Waals surface area contributed by atoms with Crippen LogP contribution in [-0.2, 0) is 13.0 Å². The molecule has 1 heterocycles. The molecule has 0 bridgehead atoms. The number of benzene rings is 2. The van der Waals surface area contributed by atoms with Crippen molar-refractivity contribution in [3.05, 3.63) is 84.6 Å². The number of aromatic nitrogens is 1. The fraction of sp³-hybridized carbons (Fsp3) is 0.158. The van der Waals surface area contributed by atoms with Crippen molar-refractivity contribution >= 4 is 34.2 Å². The van der Waals surface area contributed by atoms with E-state index in [9.17, 15) is 29.9 Å². The molecular formula is C19H15ClN2O6.